The lowest BCUT2D eigenvalue weighted by Crippen LogP contribution is -1.96. The summed E-state index contributed by atoms with van der Waals surface area (Å²) >= 11 is 1.22. The van der Waals surface area contributed by atoms with E-state index in [0.29, 0.717) is 12.4 Å². The topological polar surface area (TPSA) is 26.3 Å². The van der Waals surface area contributed by atoms with Crippen LogP contribution < -0.4 is 0 Å². The summed E-state index contributed by atoms with van der Waals surface area (Å²) in [5, 5.41) is -0.184. The zero-order valence-electron chi connectivity index (χ0n) is 14.2. The van der Waals surface area contributed by atoms with Gasteiger partial charge >= 0.3 is 5.30 Å². The first kappa shape index (κ1) is 20.0. The molecule has 2 nitrogen and oxygen atoms in total. The van der Waals surface area contributed by atoms with E-state index in [4.69, 9.17) is 4.74 Å². The van der Waals surface area contributed by atoms with Gasteiger partial charge in [-0.1, -0.05) is 34.9 Å². The summed E-state index contributed by atoms with van der Waals surface area (Å²) in [7, 11) is 0. The molecular formula is C18H30O2S. The minimum absolute atomic E-state index is 0.184. The molecule has 0 aromatic heterocycles. The second kappa shape index (κ2) is 12.8. The molecule has 0 radical (unpaired) electrons. The molecule has 3 heteroatoms. The maximum absolute atomic E-state index is 11.2. The highest BCUT2D eigenvalue weighted by atomic mass is 32.2. The van der Waals surface area contributed by atoms with Crippen LogP contribution in [0.4, 0.5) is 4.79 Å². The largest absolute Gasteiger partial charge is 0.458 e. The quantitative estimate of drug-likeness (QED) is 0.369. The van der Waals surface area contributed by atoms with Crippen molar-refractivity contribution < 1.29 is 9.53 Å². The van der Waals surface area contributed by atoms with Crippen molar-refractivity contribution in [1.82, 2.24) is 0 Å². The number of thioether (sulfide) groups is 1. The van der Waals surface area contributed by atoms with Crippen LogP contribution >= 0.6 is 11.8 Å². The van der Waals surface area contributed by atoms with Crippen molar-refractivity contribution in [3.05, 3.63) is 34.9 Å². The van der Waals surface area contributed by atoms with E-state index in [0.717, 1.165) is 25.7 Å². The Labute approximate surface area is 134 Å². The summed E-state index contributed by atoms with van der Waals surface area (Å²) < 4.78 is 4.87. The molecule has 0 fully saturated rings. The maximum atomic E-state index is 11.2. The van der Waals surface area contributed by atoms with Gasteiger partial charge in [-0.25, -0.2) is 4.79 Å². The van der Waals surface area contributed by atoms with Gasteiger partial charge in [0.1, 0.15) is 0 Å². The average Bonchev–Trinajstić information content (AvgIpc) is 2.38. The molecule has 0 aromatic carbocycles. The molecule has 120 valence electrons. The maximum Gasteiger partial charge on any atom is 0.367 e. The van der Waals surface area contributed by atoms with E-state index in [1.54, 1.807) is 0 Å². The van der Waals surface area contributed by atoms with E-state index >= 15 is 0 Å². The molecule has 0 bridgehead atoms. The highest BCUT2D eigenvalue weighted by Gasteiger charge is 1.99. The van der Waals surface area contributed by atoms with E-state index in [1.165, 1.54) is 28.5 Å². The SMILES string of the molecule is CCOC(=O)SC/C=C(\C)CC/C=C(\C)CCC=C(C)C. The number of hydrogen-bond acceptors (Lipinski definition) is 3. The van der Waals surface area contributed by atoms with Crippen molar-refractivity contribution >= 4 is 17.1 Å². The Balaban J connectivity index is 3.88. The lowest BCUT2D eigenvalue weighted by atomic mass is 10.1. The standard InChI is InChI=1S/C18H30O2S/c1-6-20-18(19)21-14-13-17(5)12-8-11-16(4)10-7-9-15(2)3/h9,11,13H,6-8,10,12,14H2,1-5H3/b16-11+,17-13+. The van der Waals surface area contributed by atoms with Crippen LogP contribution in [-0.4, -0.2) is 17.7 Å². The van der Waals surface area contributed by atoms with Gasteiger partial charge in [0.25, 0.3) is 0 Å². The van der Waals surface area contributed by atoms with Gasteiger partial charge in [0, 0.05) is 5.75 Å². The third kappa shape index (κ3) is 13.8. The third-order valence-electron chi connectivity index (χ3n) is 3.02. The molecule has 0 saturated heterocycles. The molecule has 0 unspecified atom stereocenters. The predicted molar refractivity (Wildman–Crippen MR) is 94.9 cm³/mol. The van der Waals surface area contributed by atoms with Gasteiger partial charge in [-0.3, -0.25) is 0 Å². The molecule has 0 aliphatic rings. The van der Waals surface area contributed by atoms with Crippen LogP contribution in [0.25, 0.3) is 0 Å². The Morgan fingerprint density at radius 2 is 1.52 bits per heavy atom. The van der Waals surface area contributed by atoms with Crippen LogP contribution in [0.1, 0.15) is 60.3 Å². The lowest BCUT2D eigenvalue weighted by molar-refractivity contribution is 0.181. The summed E-state index contributed by atoms with van der Waals surface area (Å²) in [6.45, 7) is 10.9. The smallest absolute Gasteiger partial charge is 0.367 e. The summed E-state index contributed by atoms with van der Waals surface area (Å²) in [6, 6.07) is 0. The van der Waals surface area contributed by atoms with Crippen LogP contribution in [0, 0.1) is 0 Å². The summed E-state index contributed by atoms with van der Waals surface area (Å²) in [4.78, 5) is 11.2. The van der Waals surface area contributed by atoms with Gasteiger partial charge in [0.15, 0.2) is 0 Å². The van der Waals surface area contributed by atoms with E-state index in [1.807, 2.05) is 6.92 Å². The van der Waals surface area contributed by atoms with E-state index < -0.39 is 0 Å². The van der Waals surface area contributed by atoms with Crippen molar-refractivity contribution in [2.75, 3.05) is 12.4 Å². The molecule has 0 amide bonds. The molecule has 0 saturated carbocycles. The Kier molecular flexibility index (Phi) is 12.2. The van der Waals surface area contributed by atoms with Crippen molar-refractivity contribution in [2.45, 2.75) is 60.3 Å². The Morgan fingerprint density at radius 3 is 2.10 bits per heavy atom. The average molecular weight is 311 g/mol. The van der Waals surface area contributed by atoms with Crippen LogP contribution in [0.2, 0.25) is 0 Å². The minimum Gasteiger partial charge on any atom is -0.458 e. The van der Waals surface area contributed by atoms with Gasteiger partial charge in [-0.05, 0) is 72.1 Å². The van der Waals surface area contributed by atoms with Crippen LogP contribution in [-0.2, 0) is 4.74 Å². The highest BCUT2D eigenvalue weighted by Crippen LogP contribution is 2.13. The predicted octanol–water partition coefficient (Wildman–Crippen LogP) is 6.30. The molecule has 0 N–H and O–H groups in total. The Bertz CT molecular complexity index is 388. The molecule has 0 rings (SSSR count). The lowest BCUT2D eigenvalue weighted by Gasteiger charge is -2.02. The van der Waals surface area contributed by atoms with Gasteiger partial charge in [0.05, 0.1) is 6.61 Å². The fraction of sp³-hybridized carbons (Fsp3) is 0.611. The zero-order chi connectivity index (χ0) is 16.1. The molecule has 0 heterocycles. The highest BCUT2D eigenvalue weighted by molar-refractivity contribution is 8.13. The third-order valence-corrected chi connectivity index (χ3v) is 3.70. The number of rotatable bonds is 9. The van der Waals surface area contributed by atoms with Crippen molar-refractivity contribution in [1.29, 1.82) is 0 Å². The molecule has 0 aliphatic carbocycles. The van der Waals surface area contributed by atoms with Crippen molar-refractivity contribution in [3.8, 4) is 0 Å². The first-order valence-electron chi connectivity index (χ1n) is 7.69. The van der Waals surface area contributed by atoms with Crippen LogP contribution in [0.3, 0.4) is 0 Å². The molecule has 0 aromatic rings. The number of ether oxygens (including phenoxy) is 1. The number of carbonyl (C=O) groups excluding carboxylic acids is 1. The second-order valence-electron chi connectivity index (χ2n) is 5.45. The number of carbonyl (C=O) groups is 1. The first-order valence-corrected chi connectivity index (χ1v) is 8.68. The van der Waals surface area contributed by atoms with E-state index in [9.17, 15) is 4.79 Å². The molecular weight excluding hydrogens is 280 g/mol. The van der Waals surface area contributed by atoms with E-state index in [-0.39, 0.29) is 5.30 Å². The van der Waals surface area contributed by atoms with E-state index in [2.05, 4.69) is 45.9 Å². The van der Waals surface area contributed by atoms with Crippen molar-refractivity contribution in [2.24, 2.45) is 0 Å². The van der Waals surface area contributed by atoms with Gasteiger partial charge in [-0.2, -0.15) is 0 Å². The number of allylic oxidation sites excluding steroid dienone is 5. The van der Waals surface area contributed by atoms with Gasteiger partial charge in [-0.15, -0.1) is 0 Å². The molecule has 21 heavy (non-hydrogen) atoms. The van der Waals surface area contributed by atoms with Crippen molar-refractivity contribution in [3.63, 3.8) is 0 Å². The number of hydrogen-bond donors (Lipinski definition) is 0. The fourth-order valence-electron chi connectivity index (χ4n) is 1.75. The van der Waals surface area contributed by atoms with Crippen LogP contribution in [0.5, 0.6) is 0 Å². The molecule has 0 atom stereocenters. The Morgan fingerprint density at radius 1 is 0.952 bits per heavy atom. The minimum atomic E-state index is -0.184. The summed E-state index contributed by atoms with van der Waals surface area (Å²) in [5.41, 5.74) is 4.18. The first-order chi connectivity index (χ1) is 9.95. The van der Waals surface area contributed by atoms with Crippen LogP contribution in [0.15, 0.2) is 34.9 Å². The van der Waals surface area contributed by atoms with Gasteiger partial charge < -0.3 is 4.74 Å². The van der Waals surface area contributed by atoms with Gasteiger partial charge in [0.2, 0.25) is 0 Å². The zero-order valence-corrected chi connectivity index (χ0v) is 15.0. The second-order valence-corrected chi connectivity index (χ2v) is 6.41. The molecule has 0 spiro atoms. The molecule has 0 aliphatic heterocycles. The summed E-state index contributed by atoms with van der Waals surface area (Å²) in [5.74, 6) is 0.702. The Hall–Kier alpha value is -0.960. The summed E-state index contributed by atoms with van der Waals surface area (Å²) in [6.07, 6.45) is 11.1. The normalized spacial score (nSPS) is 12.2. The fourth-order valence-corrected chi connectivity index (χ4v) is 2.46. The monoisotopic (exact) mass is 310 g/mol.